The lowest BCUT2D eigenvalue weighted by molar-refractivity contribution is 0.119. The van der Waals surface area contributed by atoms with Gasteiger partial charge in [0.2, 0.25) is 0 Å². The number of hydrogen-bond donors (Lipinski definition) is 1. The number of thiocarbonyl (C=S) groups is 1. The Morgan fingerprint density at radius 3 is 2.32 bits per heavy atom. The van der Waals surface area contributed by atoms with Crippen LogP contribution in [-0.2, 0) is 9.84 Å². The molecule has 1 saturated heterocycles. The third-order valence-corrected chi connectivity index (χ3v) is 4.71. The minimum Gasteiger partial charge on any atom is -0.392 e. The largest absolute Gasteiger partial charge is 0.392 e. The van der Waals surface area contributed by atoms with Gasteiger partial charge in [-0.1, -0.05) is 25.6 Å². The van der Waals surface area contributed by atoms with Crippen LogP contribution in [0.15, 0.2) is 0 Å². The number of nitrogens with two attached hydrogens (primary N) is 1. The van der Waals surface area contributed by atoms with Crippen LogP contribution < -0.4 is 5.73 Å². The molecule has 1 atom stereocenters. The molecule has 0 aromatic heterocycles. The highest BCUT2D eigenvalue weighted by atomic mass is 32.2. The molecule has 0 radical (unpaired) electrons. The van der Waals surface area contributed by atoms with Gasteiger partial charge in [-0.25, -0.2) is 8.42 Å². The van der Waals surface area contributed by atoms with Crippen molar-refractivity contribution in [2.45, 2.75) is 25.8 Å². The molecule has 0 amide bonds. The molecule has 1 aliphatic heterocycles. The Bertz CT molecular complexity index is 390. The van der Waals surface area contributed by atoms with Crippen LogP contribution in [0.4, 0.5) is 0 Å². The van der Waals surface area contributed by atoms with Gasteiger partial charge in [-0.15, -0.1) is 0 Å². The van der Waals surface area contributed by atoms with E-state index in [1.807, 2.05) is 0 Å². The van der Waals surface area contributed by atoms with E-state index < -0.39 is 9.84 Å². The lowest BCUT2D eigenvalue weighted by Crippen LogP contribution is -2.54. The molecule has 5 nitrogen and oxygen atoms in total. The standard InChI is InChI=1S/C12H25N3O2S2/c1-3-4-11(12(13)18)15-7-5-14(6-8-15)9-10-19(2,16)17/h11H,3-10H2,1-2H3,(H2,13,18). The van der Waals surface area contributed by atoms with Gasteiger partial charge in [0.15, 0.2) is 0 Å². The van der Waals surface area contributed by atoms with Crippen molar-refractivity contribution in [2.75, 3.05) is 44.7 Å². The van der Waals surface area contributed by atoms with E-state index in [9.17, 15) is 8.42 Å². The van der Waals surface area contributed by atoms with Crippen molar-refractivity contribution in [3.05, 3.63) is 0 Å². The predicted molar refractivity (Wildman–Crippen MR) is 83.2 cm³/mol. The van der Waals surface area contributed by atoms with E-state index >= 15 is 0 Å². The molecule has 7 heteroatoms. The molecular weight excluding hydrogens is 282 g/mol. The summed E-state index contributed by atoms with van der Waals surface area (Å²) in [5.74, 6) is 0.237. The van der Waals surface area contributed by atoms with E-state index in [4.69, 9.17) is 18.0 Å². The molecule has 0 saturated carbocycles. The summed E-state index contributed by atoms with van der Waals surface area (Å²) >= 11 is 5.14. The van der Waals surface area contributed by atoms with E-state index in [1.165, 1.54) is 6.26 Å². The molecule has 1 heterocycles. The second-order valence-electron chi connectivity index (χ2n) is 5.21. The topological polar surface area (TPSA) is 66.6 Å². The fraction of sp³-hybridized carbons (Fsp3) is 0.917. The van der Waals surface area contributed by atoms with Gasteiger partial charge in [0.25, 0.3) is 0 Å². The first-order chi connectivity index (χ1) is 8.83. The highest BCUT2D eigenvalue weighted by molar-refractivity contribution is 7.90. The number of piperazine rings is 1. The normalized spacial score (nSPS) is 20.3. The lowest BCUT2D eigenvalue weighted by atomic mass is 10.1. The summed E-state index contributed by atoms with van der Waals surface area (Å²) < 4.78 is 22.3. The van der Waals surface area contributed by atoms with Crippen LogP contribution in [-0.4, -0.2) is 74.0 Å². The summed E-state index contributed by atoms with van der Waals surface area (Å²) in [5.41, 5.74) is 5.80. The second kappa shape index (κ2) is 7.52. The van der Waals surface area contributed by atoms with Gasteiger partial charge in [-0.2, -0.15) is 0 Å². The molecule has 1 fully saturated rings. The molecule has 1 aliphatic rings. The van der Waals surface area contributed by atoms with Crippen LogP contribution in [0.5, 0.6) is 0 Å². The van der Waals surface area contributed by atoms with Gasteiger partial charge in [0, 0.05) is 39.0 Å². The zero-order valence-corrected chi connectivity index (χ0v) is 13.5. The molecule has 2 N–H and O–H groups in total. The minimum atomic E-state index is -2.87. The summed E-state index contributed by atoms with van der Waals surface area (Å²) in [4.78, 5) is 5.09. The van der Waals surface area contributed by atoms with Crippen LogP contribution >= 0.6 is 12.2 Å². The van der Waals surface area contributed by atoms with Crippen molar-refractivity contribution in [1.29, 1.82) is 0 Å². The first kappa shape index (κ1) is 16.8. The SMILES string of the molecule is CCCC(C(N)=S)N1CCN(CCS(C)(=O)=O)CC1. The van der Waals surface area contributed by atoms with Crippen molar-refractivity contribution in [1.82, 2.24) is 9.80 Å². The van der Waals surface area contributed by atoms with E-state index in [1.54, 1.807) is 0 Å². The second-order valence-corrected chi connectivity index (χ2v) is 7.95. The van der Waals surface area contributed by atoms with Crippen LogP contribution in [0.2, 0.25) is 0 Å². The lowest BCUT2D eigenvalue weighted by Gasteiger charge is -2.38. The molecule has 0 bridgehead atoms. The predicted octanol–water partition coefficient (Wildman–Crippen LogP) is 0.103. The summed E-state index contributed by atoms with van der Waals surface area (Å²) in [6.07, 6.45) is 3.35. The van der Waals surface area contributed by atoms with Gasteiger partial charge in [0.1, 0.15) is 9.84 Å². The summed E-state index contributed by atoms with van der Waals surface area (Å²) in [6, 6.07) is 0.192. The highest BCUT2D eigenvalue weighted by Crippen LogP contribution is 2.11. The van der Waals surface area contributed by atoms with Gasteiger partial charge < -0.3 is 5.73 Å². The van der Waals surface area contributed by atoms with Gasteiger partial charge in [-0.3, -0.25) is 9.80 Å². The molecule has 19 heavy (non-hydrogen) atoms. The average Bonchev–Trinajstić information content (AvgIpc) is 2.33. The van der Waals surface area contributed by atoms with Crippen molar-refractivity contribution in [3.8, 4) is 0 Å². The molecule has 0 aliphatic carbocycles. The monoisotopic (exact) mass is 307 g/mol. The Morgan fingerprint density at radius 1 is 1.32 bits per heavy atom. The smallest absolute Gasteiger partial charge is 0.148 e. The molecule has 0 aromatic rings. The fourth-order valence-corrected chi connectivity index (χ4v) is 3.23. The van der Waals surface area contributed by atoms with Gasteiger partial charge in [-0.05, 0) is 6.42 Å². The Morgan fingerprint density at radius 2 is 1.89 bits per heavy atom. The molecule has 112 valence electrons. The maximum atomic E-state index is 11.2. The summed E-state index contributed by atoms with van der Waals surface area (Å²) in [7, 11) is -2.87. The van der Waals surface area contributed by atoms with Crippen LogP contribution in [0, 0.1) is 0 Å². The first-order valence-electron chi connectivity index (χ1n) is 6.77. The van der Waals surface area contributed by atoms with Gasteiger partial charge >= 0.3 is 0 Å². The van der Waals surface area contributed by atoms with Crippen molar-refractivity contribution < 1.29 is 8.42 Å². The third kappa shape index (κ3) is 6.16. The van der Waals surface area contributed by atoms with Crippen LogP contribution in [0.3, 0.4) is 0 Å². The van der Waals surface area contributed by atoms with E-state index in [2.05, 4.69) is 16.7 Å². The third-order valence-electron chi connectivity index (χ3n) is 3.52. The Balaban J connectivity index is 2.41. The van der Waals surface area contributed by atoms with Gasteiger partial charge in [0.05, 0.1) is 16.8 Å². The van der Waals surface area contributed by atoms with Crippen molar-refractivity contribution >= 4 is 27.0 Å². The van der Waals surface area contributed by atoms with E-state index in [-0.39, 0.29) is 11.8 Å². The Labute approximate surface area is 122 Å². The van der Waals surface area contributed by atoms with Crippen LogP contribution in [0.1, 0.15) is 19.8 Å². The highest BCUT2D eigenvalue weighted by Gasteiger charge is 2.25. The van der Waals surface area contributed by atoms with Crippen LogP contribution in [0.25, 0.3) is 0 Å². The van der Waals surface area contributed by atoms with E-state index in [0.29, 0.717) is 11.5 Å². The molecule has 0 spiro atoms. The molecule has 1 rings (SSSR count). The summed E-state index contributed by atoms with van der Waals surface area (Å²) in [6.45, 7) is 6.35. The fourth-order valence-electron chi connectivity index (χ4n) is 2.37. The Hall–Kier alpha value is -0.240. The quantitative estimate of drug-likeness (QED) is 0.673. The molecule has 0 aromatic carbocycles. The maximum Gasteiger partial charge on any atom is 0.148 e. The van der Waals surface area contributed by atoms with Crippen molar-refractivity contribution in [2.24, 2.45) is 5.73 Å². The molecule has 1 unspecified atom stereocenters. The van der Waals surface area contributed by atoms with E-state index in [0.717, 1.165) is 39.0 Å². The number of nitrogens with zero attached hydrogens (tertiary/aromatic N) is 2. The zero-order valence-electron chi connectivity index (χ0n) is 11.8. The average molecular weight is 307 g/mol. The summed E-state index contributed by atoms with van der Waals surface area (Å²) in [5, 5.41) is 0. The van der Waals surface area contributed by atoms with Crippen molar-refractivity contribution in [3.63, 3.8) is 0 Å². The zero-order chi connectivity index (χ0) is 14.5. The number of sulfone groups is 1. The maximum absolute atomic E-state index is 11.2. The minimum absolute atomic E-state index is 0.192. The number of hydrogen-bond acceptors (Lipinski definition) is 5. The number of rotatable bonds is 7. The molecular formula is C12H25N3O2S2. The Kier molecular flexibility index (Phi) is 6.65. The first-order valence-corrected chi connectivity index (χ1v) is 9.24.